The lowest BCUT2D eigenvalue weighted by Gasteiger charge is -2.19. The zero-order valence-corrected chi connectivity index (χ0v) is 15.8. The van der Waals surface area contributed by atoms with Gasteiger partial charge in [0.15, 0.2) is 0 Å². The van der Waals surface area contributed by atoms with Gasteiger partial charge in [0.05, 0.1) is 18.0 Å². The van der Waals surface area contributed by atoms with Crippen molar-refractivity contribution in [1.82, 2.24) is 0 Å². The number of carbonyl (C=O) groups is 1. The van der Waals surface area contributed by atoms with Crippen LogP contribution in [0.4, 0.5) is 0 Å². The summed E-state index contributed by atoms with van der Waals surface area (Å²) in [7, 11) is 0. The number of hydrogen-bond acceptors (Lipinski definition) is 4. The van der Waals surface area contributed by atoms with Crippen molar-refractivity contribution in [2.75, 3.05) is 11.5 Å². The number of fused-ring (bicyclic) bond motifs is 1. The van der Waals surface area contributed by atoms with Gasteiger partial charge < -0.3 is 15.3 Å². The predicted octanol–water partition coefficient (Wildman–Crippen LogP) is 2.94. The van der Waals surface area contributed by atoms with Crippen LogP contribution in [0, 0.1) is 35.5 Å². The molecule has 0 aromatic carbocycles. The van der Waals surface area contributed by atoms with Gasteiger partial charge in [0.1, 0.15) is 0 Å². The summed E-state index contributed by atoms with van der Waals surface area (Å²) in [4.78, 5) is 10.6. The molecular formula is C20H30O4S. The molecule has 2 rings (SSSR count). The minimum absolute atomic E-state index is 0.135. The molecule has 3 N–H and O–H groups in total. The van der Waals surface area contributed by atoms with Gasteiger partial charge in [0.2, 0.25) is 0 Å². The van der Waals surface area contributed by atoms with E-state index in [0.717, 1.165) is 37.9 Å². The Labute approximate surface area is 155 Å². The maximum absolute atomic E-state index is 10.6. The van der Waals surface area contributed by atoms with Crippen LogP contribution in [-0.2, 0) is 4.79 Å². The van der Waals surface area contributed by atoms with Crippen molar-refractivity contribution < 1.29 is 20.1 Å². The van der Waals surface area contributed by atoms with Crippen LogP contribution in [0.5, 0.6) is 0 Å². The number of carboxylic acid groups (broad SMARTS) is 1. The van der Waals surface area contributed by atoms with Crippen molar-refractivity contribution in [3.05, 3.63) is 12.2 Å². The monoisotopic (exact) mass is 366 g/mol. The molecule has 2 saturated carbocycles. The van der Waals surface area contributed by atoms with Crippen molar-refractivity contribution in [1.29, 1.82) is 0 Å². The fourth-order valence-corrected chi connectivity index (χ4v) is 5.13. The average Bonchev–Trinajstić information content (AvgIpc) is 3.06. The highest BCUT2D eigenvalue weighted by molar-refractivity contribution is 7.99. The summed E-state index contributed by atoms with van der Waals surface area (Å²) >= 11 is 1.49. The second-order valence-corrected chi connectivity index (χ2v) is 8.35. The standard InChI is InChI=1S/C20H30O4S/c1-2-3-4-5-16(21)6-7-17-18-11-14(8-9-25-13-20(23)24)10-15(18)12-19(17)22/h6-7,14-19,21-22H,2,5,8-13H2,1H3,(H,23,24)/t14?,15-,16?,17-,18+,19-/m0/s1. The molecule has 0 saturated heterocycles. The zero-order valence-electron chi connectivity index (χ0n) is 14.9. The highest BCUT2D eigenvalue weighted by atomic mass is 32.2. The van der Waals surface area contributed by atoms with Crippen LogP contribution in [-0.4, -0.2) is 45.0 Å². The Morgan fingerprint density at radius 1 is 1.32 bits per heavy atom. The summed E-state index contributed by atoms with van der Waals surface area (Å²) in [6, 6.07) is 0. The maximum atomic E-state index is 10.6. The molecule has 25 heavy (non-hydrogen) atoms. The minimum Gasteiger partial charge on any atom is -0.481 e. The molecule has 140 valence electrons. The number of rotatable bonds is 8. The lowest BCUT2D eigenvalue weighted by molar-refractivity contribution is -0.133. The van der Waals surface area contributed by atoms with E-state index >= 15 is 0 Å². The lowest BCUT2D eigenvalue weighted by atomic mass is 9.89. The normalized spacial score (nSPS) is 32.4. The Hall–Kier alpha value is -0.960. The molecule has 5 heteroatoms. The molecule has 2 unspecified atom stereocenters. The first-order valence-electron chi connectivity index (χ1n) is 9.31. The van der Waals surface area contributed by atoms with Crippen molar-refractivity contribution in [2.45, 2.75) is 57.7 Å². The quantitative estimate of drug-likeness (QED) is 0.350. The SMILES string of the molecule is CCC#CCC(O)C=C[C@H]1[C@@H]2CC(CCSCC(=O)O)C[C@H]2C[C@@H]1O. The zero-order chi connectivity index (χ0) is 18.2. The largest absolute Gasteiger partial charge is 0.481 e. The topological polar surface area (TPSA) is 77.8 Å². The second kappa shape index (κ2) is 10.3. The summed E-state index contributed by atoms with van der Waals surface area (Å²) in [5.74, 6) is 8.08. The van der Waals surface area contributed by atoms with Crippen LogP contribution < -0.4 is 0 Å². The van der Waals surface area contributed by atoms with Gasteiger partial charge in [-0.2, -0.15) is 11.8 Å². The molecule has 0 aromatic rings. The lowest BCUT2D eigenvalue weighted by Crippen LogP contribution is -2.18. The fourth-order valence-electron chi connectivity index (χ4n) is 4.31. The van der Waals surface area contributed by atoms with Gasteiger partial charge in [0.25, 0.3) is 0 Å². The van der Waals surface area contributed by atoms with E-state index in [0.29, 0.717) is 24.2 Å². The first kappa shape index (κ1) is 20.4. The molecule has 2 aliphatic carbocycles. The van der Waals surface area contributed by atoms with E-state index in [1.807, 2.05) is 13.0 Å². The summed E-state index contributed by atoms with van der Waals surface area (Å²) < 4.78 is 0. The van der Waals surface area contributed by atoms with Crippen LogP contribution in [0.15, 0.2) is 12.2 Å². The summed E-state index contributed by atoms with van der Waals surface area (Å²) in [6.45, 7) is 1.99. The van der Waals surface area contributed by atoms with Crippen LogP contribution in [0.2, 0.25) is 0 Å². The average molecular weight is 367 g/mol. The van der Waals surface area contributed by atoms with E-state index in [-0.39, 0.29) is 17.8 Å². The van der Waals surface area contributed by atoms with Crippen molar-refractivity contribution in [3.63, 3.8) is 0 Å². The van der Waals surface area contributed by atoms with E-state index < -0.39 is 12.1 Å². The summed E-state index contributed by atoms with van der Waals surface area (Å²) in [6.07, 6.45) is 8.36. The van der Waals surface area contributed by atoms with E-state index in [9.17, 15) is 15.0 Å². The van der Waals surface area contributed by atoms with E-state index in [1.54, 1.807) is 6.08 Å². The number of aliphatic hydroxyl groups is 2. The van der Waals surface area contributed by atoms with Crippen LogP contribution in [0.1, 0.15) is 45.4 Å². The third-order valence-electron chi connectivity index (χ3n) is 5.39. The molecule has 2 fully saturated rings. The number of thioether (sulfide) groups is 1. The first-order chi connectivity index (χ1) is 12.0. The Balaban J connectivity index is 1.80. The first-order valence-corrected chi connectivity index (χ1v) is 10.5. The maximum Gasteiger partial charge on any atom is 0.313 e. The number of carboxylic acids is 1. The predicted molar refractivity (Wildman–Crippen MR) is 101 cm³/mol. The Bertz CT molecular complexity index is 522. The molecule has 0 radical (unpaired) electrons. The van der Waals surface area contributed by atoms with Crippen molar-refractivity contribution in [3.8, 4) is 11.8 Å². The van der Waals surface area contributed by atoms with Crippen LogP contribution >= 0.6 is 11.8 Å². The molecule has 0 aliphatic heterocycles. The van der Waals surface area contributed by atoms with Crippen molar-refractivity contribution >= 4 is 17.7 Å². The van der Waals surface area contributed by atoms with Crippen molar-refractivity contribution in [2.24, 2.45) is 23.7 Å². The molecule has 4 nitrogen and oxygen atoms in total. The van der Waals surface area contributed by atoms with Gasteiger partial charge in [-0.25, -0.2) is 0 Å². The van der Waals surface area contributed by atoms with Gasteiger partial charge >= 0.3 is 5.97 Å². The Morgan fingerprint density at radius 2 is 2.12 bits per heavy atom. The molecule has 0 spiro atoms. The van der Waals surface area contributed by atoms with E-state index in [4.69, 9.17) is 5.11 Å². The summed E-state index contributed by atoms with van der Waals surface area (Å²) in [5.41, 5.74) is 0. The van der Waals surface area contributed by atoms with Gasteiger partial charge in [-0.15, -0.1) is 11.8 Å². The second-order valence-electron chi connectivity index (χ2n) is 7.24. The molecule has 0 bridgehead atoms. The smallest absolute Gasteiger partial charge is 0.313 e. The van der Waals surface area contributed by atoms with E-state index in [2.05, 4.69) is 11.8 Å². The van der Waals surface area contributed by atoms with Gasteiger partial charge in [-0.3, -0.25) is 4.79 Å². The Kier molecular flexibility index (Phi) is 8.35. The van der Waals surface area contributed by atoms with Gasteiger partial charge in [0, 0.05) is 18.8 Å². The molecular weight excluding hydrogens is 336 g/mol. The van der Waals surface area contributed by atoms with Gasteiger partial charge in [-0.1, -0.05) is 19.1 Å². The fraction of sp³-hybridized carbons (Fsp3) is 0.750. The third-order valence-corrected chi connectivity index (χ3v) is 6.37. The summed E-state index contributed by atoms with van der Waals surface area (Å²) in [5, 5.41) is 29.0. The van der Waals surface area contributed by atoms with Crippen LogP contribution in [0.3, 0.4) is 0 Å². The number of aliphatic carboxylic acids is 1. The third kappa shape index (κ3) is 6.36. The molecule has 2 aliphatic rings. The van der Waals surface area contributed by atoms with Gasteiger partial charge in [-0.05, 0) is 49.2 Å². The minimum atomic E-state index is -0.746. The molecule has 0 amide bonds. The van der Waals surface area contributed by atoms with E-state index in [1.165, 1.54) is 11.8 Å². The Morgan fingerprint density at radius 3 is 2.84 bits per heavy atom. The molecule has 0 aromatic heterocycles. The highest BCUT2D eigenvalue weighted by Crippen LogP contribution is 2.51. The van der Waals surface area contributed by atoms with Crippen LogP contribution in [0.25, 0.3) is 0 Å². The number of hydrogen-bond donors (Lipinski definition) is 3. The number of aliphatic hydroxyl groups excluding tert-OH is 2. The molecule has 0 heterocycles. The molecule has 6 atom stereocenters. The highest BCUT2D eigenvalue weighted by Gasteiger charge is 2.46.